The predicted octanol–water partition coefficient (Wildman–Crippen LogP) is 2.85. The van der Waals surface area contributed by atoms with E-state index in [4.69, 9.17) is 24.0 Å². The summed E-state index contributed by atoms with van der Waals surface area (Å²) in [7, 11) is 3.98. The zero-order valence-corrected chi connectivity index (χ0v) is 15.0. The van der Waals surface area contributed by atoms with E-state index in [0.29, 0.717) is 0 Å². The van der Waals surface area contributed by atoms with Gasteiger partial charge < -0.3 is 9.13 Å². The van der Waals surface area contributed by atoms with Crippen LogP contribution in [0.5, 0.6) is 0 Å². The number of hydrogen-bond donors (Lipinski definition) is 0. The first-order valence-electron chi connectivity index (χ1n) is 6.99. The van der Waals surface area contributed by atoms with Crippen LogP contribution in [-0.4, -0.2) is 9.13 Å². The lowest BCUT2D eigenvalue weighted by atomic mass is 10.4. The van der Waals surface area contributed by atoms with Crippen molar-refractivity contribution in [1.29, 1.82) is 0 Å². The summed E-state index contributed by atoms with van der Waals surface area (Å²) in [6.45, 7) is 0. The second-order valence-electron chi connectivity index (χ2n) is 5.22. The molecule has 0 atom stereocenters. The normalized spacial score (nSPS) is 11.5. The maximum atomic E-state index is 6.29. The fourth-order valence-electron chi connectivity index (χ4n) is 2.63. The number of aromatic nitrogens is 2. The highest BCUT2D eigenvalue weighted by atomic mass is 32.4. The zero-order valence-electron chi connectivity index (χ0n) is 12.5. The highest BCUT2D eigenvalue weighted by Gasteiger charge is 2.28. The maximum Gasteiger partial charge on any atom is 0.179 e. The van der Waals surface area contributed by atoms with Crippen LogP contribution in [0, 0.1) is 4.77 Å². The molecule has 0 saturated heterocycles. The van der Waals surface area contributed by atoms with E-state index in [-0.39, 0.29) is 0 Å². The van der Waals surface area contributed by atoms with Crippen molar-refractivity contribution >= 4 is 46.1 Å². The third-order valence-corrected chi connectivity index (χ3v) is 9.30. The molecule has 0 N–H and O–H groups in total. The van der Waals surface area contributed by atoms with Crippen LogP contribution < -0.4 is 16.0 Å². The Kier molecular flexibility index (Phi) is 4.18. The molecule has 112 valence electrons. The fraction of sp³-hybridized carbons (Fsp3) is 0.118. The molecule has 2 aromatic carbocycles. The Labute approximate surface area is 141 Å². The molecule has 0 radical (unpaired) electrons. The Morgan fingerprint density at radius 2 is 1.27 bits per heavy atom. The van der Waals surface area contributed by atoms with Gasteiger partial charge in [0, 0.05) is 20.3 Å². The standard InChI is InChI=1S/C17H17N2PS2/c1-18-13-16(19(2)17(18)21)20(22,14-9-5-3-6-10-14)15-11-7-4-8-12-15/h3-13H,1-2H3. The van der Waals surface area contributed by atoms with Gasteiger partial charge in [-0.3, -0.25) is 0 Å². The molecule has 0 unspecified atom stereocenters. The summed E-state index contributed by atoms with van der Waals surface area (Å²) in [5.41, 5.74) is 1.12. The largest absolute Gasteiger partial charge is 0.326 e. The summed E-state index contributed by atoms with van der Waals surface area (Å²) in [5.74, 6) is 0. The van der Waals surface area contributed by atoms with Crippen molar-refractivity contribution in [2.45, 2.75) is 0 Å². The van der Waals surface area contributed by atoms with E-state index in [0.717, 1.165) is 10.2 Å². The molecule has 0 aliphatic rings. The van der Waals surface area contributed by atoms with Gasteiger partial charge in [0.25, 0.3) is 0 Å². The lowest BCUT2D eigenvalue weighted by Crippen LogP contribution is -2.28. The van der Waals surface area contributed by atoms with Gasteiger partial charge in [0.2, 0.25) is 0 Å². The molecule has 3 aromatic rings. The molecule has 0 fully saturated rings. The minimum absolute atomic E-state index is 0.788. The Morgan fingerprint density at radius 1 is 0.818 bits per heavy atom. The summed E-state index contributed by atoms with van der Waals surface area (Å²) in [4.78, 5) is 0. The highest BCUT2D eigenvalue weighted by molar-refractivity contribution is 8.25. The number of rotatable bonds is 3. The van der Waals surface area contributed by atoms with Gasteiger partial charge in [-0.25, -0.2) is 0 Å². The number of aryl methyl sites for hydroxylation is 1. The summed E-state index contributed by atoms with van der Waals surface area (Å²) < 4.78 is 4.81. The number of benzene rings is 2. The van der Waals surface area contributed by atoms with Crippen molar-refractivity contribution in [3.63, 3.8) is 0 Å². The predicted molar refractivity (Wildman–Crippen MR) is 101 cm³/mol. The first kappa shape index (κ1) is 15.4. The summed E-state index contributed by atoms with van der Waals surface area (Å²) >= 11 is 11.8. The Hall–Kier alpha value is -1.48. The van der Waals surface area contributed by atoms with Crippen molar-refractivity contribution < 1.29 is 0 Å². The molecule has 3 rings (SSSR count). The maximum absolute atomic E-state index is 6.29. The summed E-state index contributed by atoms with van der Waals surface area (Å²) in [6, 6.07) is 18.7. The van der Waals surface area contributed by atoms with E-state index in [2.05, 4.69) is 59.3 Å². The van der Waals surface area contributed by atoms with Crippen molar-refractivity contribution in [2.24, 2.45) is 14.1 Å². The first-order chi connectivity index (χ1) is 10.5. The van der Waals surface area contributed by atoms with E-state index in [1.807, 2.05) is 30.8 Å². The molecule has 22 heavy (non-hydrogen) atoms. The van der Waals surface area contributed by atoms with E-state index >= 15 is 0 Å². The van der Waals surface area contributed by atoms with Gasteiger partial charge in [0.15, 0.2) is 4.77 Å². The summed E-state index contributed by atoms with van der Waals surface area (Å²) in [5, 5.41) is 2.37. The minimum atomic E-state index is -2.11. The van der Waals surface area contributed by atoms with Crippen LogP contribution in [0.15, 0.2) is 66.9 Å². The summed E-state index contributed by atoms with van der Waals surface area (Å²) in [6.07, 6.45) is 2.09. The molecular formula is C17H17N2PS2. The van der Waals surface area contributed by atoms with Gasteiger partial charge in [-0.05, 0) is 22.8 Å². The Bertz CT molecular complexity index is 852. The third-order valence-electron chi connectivity index (χ3n) is 3.80. The smallest absolute Gasteiger partial charge is 0.179 e. The van der Waals surface area contributed by atoms with Crippen LogP contribution in [-0.2, 0) is 25.9 Å². The van der Waals surface area contributed by atoms with Crippen molar-refractivity contribution in [3.8, 4) is 0 Å². The molecule has 0 saturated carbocycles. The number of nitrogens with zero attached hydrogens (tertiary/aromatic N) is 2. The van der Waals surface area contributed by atoms with Crippen LogP contribution >= 0.6 is 18.3 Å². The van der Waals surface area contributed by atoms with Crippen LogP contribution in [0.2, 0.25) is 0 Å². The Balaban J connectivity index is 2.36. The van der Waals surface area contributed by atoms with Gasteiger partial charge in [-0.2, -0.15) is 0 Å². The van der Waals surface area contributed by atoms with Gasteiger partial charge in [-0.1, -0.05) is 72.5 Å². The van der Waals surface area contributed by atoms with Gasteiger partial charge in [0.05, 0.1) is 11.5 Å². The molecular weight excluding hydrogens is 327 g/mol. The first-order valence-corrected chi connectivity index (χ1v) is 10.2. The molecule has 0 aliphatic carbocycles. The van der Waals surface area contributed by atoms with Crippen LogP contribution in [0.1, 0.15) is 0 Å². The molecule has 5 heteroatoms. The number of imidazole rings is 1. The monoisotopic (exact) mass is 344 g/mol. The quantitative estimate of drug-likeness (QED) is 0.534. The molecule has 0 spiro atoms. The SMILES string of the molecule is Cn1cc(P(=S)(c2ccccc2)c2ccccc2)n(C)c1=S. The van der Waals surface area contributed by atoms with Crippen molar-refractivity contribution in [3.05, 3.63) is 71.6 Å². The molecule has 1 heterocycles. The van der Waals surface area contributed by atoms with E-state index in [1.54, 1.807) is 0 Å². The second-order valence-corrected chi connectivity index (χ2v) is 9.94. The van der Waals surface area contributed by atoms with Gasteiger partial charge in [0.1, 0.15) is 0 Å². The molecule has 0 bridgehead atoms. The average molecular weight is 344 g/mol. The van der Waals surface area contributed by atoms with E-state index < -0.39 is 6.04 Å². The molecule has 1 aromatic heterocycles. The van der Waals surface area contributed by atoms with Crippen LogP contribution in [0.3, 0.4) is 0 Å². The number of hydrogen-bond acceptors (Lipinski definition) is 2. The van der Waals surface area contributed by atoms with E-state index in [9.17, 15) is 0 Å². The molecule has 0 aliphatic heterocycles. The van der Waals surface area contributed by atoms with Gasteiger partial charge >= 0.3 is 0 Å². The van der Waals surface area contributed by atoms with Crippen LogP contribution in [0.4, 0.5) is 0 Å². The van der Waals surface area contributed by atoms with Gasteiger partial charge in [-0.15, -0.1) is 0 Å². The highest BCUT2D eigenvalue weighted by Crippen LogP contribution is 2.42. The van der Waals surface area contributed by atoms with E-state index in [1.165, 1.54) is 10.6 Å². The lowest BCUT2D eigenvalue weighted by molar-refractivity contribution is 0.820. The second kappa shape index (κ2) is 5.96. The molecule has 2 nitrogen and oxygen atoms in total. The average Bonchev–Trinajstić information content (AvgIpc) is 2.83. The molecule has 0 amide bonds. The third kappa shape index (κ3) is 2.41. The lowest BCUT2D eigenvalue weighted by Gasteiger charge is -2.23. The van der Waals surface area contributed by atoms with Crippen molar-refractivity contribution in [2.75, 3.05) is 0 Å². The zero-order chi connectivity index (χ0) is 15.7. The minimum Gasteiger partial charge on any atom is -0.326 e. The topological polar surface area (TPSA) is 9.86 Å². The Morgan fingerprint density at radius 3 is 1.64 bits per heavy atom. The fourth-order valence-corrected chi connectivity index (χ4v) is 6.95. The van der Waals surface area contributed by atoms with Crippen LogP contribution in [0.25, 0.3) is 0 Å². The van der Waals surface area contributed by atoms with Crippen molar-refractivity contribution in [1.82, 2.24) is 9.13 Å².